The molecule has 3 aromatic carbocycles. The zero-order valence-electron chi connectivity index (χ0n) is 11.6. The molecule has 0 radical (unpaired) electrons. The van der Waals surface area contributed by atoms with Crippen LogP contribution < -0.4 is 21.6 Å². The van der Waals surface area contributed by atoms with Gasteiger partial charge in [-0.05, 0) is 12.1 Å². The maximum Gasteiger partial charge on any atom is 0.296 e. The maximum absolute atomic E-state index is 12.2. The average molecular weight is 330 g/mol. The van der Waals surface area contributed by atoms with Crippen LogP contribution in [-0.2, 0) is 10.1 Å². The molecular weight excluding hydrogens is 320 g/mol. The summed E-state index contributed by atoms with van der Waals surface area (Å²) in [7, 11) is -4.46. The molecule has 2 N–H and O–H groups in total. The Bertz CT molecular complexity index is 1110. The van der Waals surface area contributed by atoms with E-state index < -0.39 is 25.9 Å². The van der Waals surface area contributed by atoms with Crippen LogP contribution in [-0.4, -0.2) is 13.0 Å². The minimum Gasteiger partial charge on any atom is -0.287 e. The van der Waals surface area contributed by atoms with E-state index in [1.165, 1.54) is 36.4 Å². The first kappa shape index (κ1) is 15.1. The number of para-hydroxylation sites is 1. The molecule has 0 atom stereocenters. The van der Waals surface area contributed by atoms with Crippen molar-refractivity contribution in [3.63, 3.8) is 0 Å². The van der Waals surface area contributed by atoms with Gasteiger partial charge in [-0.2, -0.15) is 13.5 Å². The summed E-state index contributed by atoms with van der Waals surface area (Å²) in [4.78, 5) is 23.9. The Labute approximate surface area is 130 Å². The highest BCUT2D eigenvalue weighted by Gasteiger charge is 2.15. The van der Waals surface area contributed by atoms with Gasteiger partial charge in [0.25, 0.3) is 10.1 Å². The molecule has 3 aromatic rings. The van der Waals surface area contributed by atoms with E-state index in [0.29, 0.717) is 0 Å². The van der Waals surface area contributed by atoms with Crippen molar-refractivity contribution in [3.8, 4) is 0 Å². The van der Waals surface area contributed by atoms with Crippen LogP contribution in [0.1, 0.15) is 0 Å². The topological polar surface area (TPSA) is 113 Å². The molecule has 0 heterocycles. The van der Waals surface area contributed by atoms with Gasteiger partial charge < -0.3 is 0 Å². The van der Waals surface area contributed by atoms with Crippen LogP contribution in [0.4, 0.5) is 5.69 Å². The molecule has 0 aliphatic rings. The van der Waals surface area contributed by atoms with E-state index in [4.69, 9.17) is 4.55 Å². The fraction of sp³-hybridized carbons (Fsp3) is 0. The summed E-state index contributed by atoms with van der Waals surface area (Å²) in [5, 5.41) is 3.90. The largest absolute Gasteiger partial charge is 0.296 e. The van der Waals surface area contributed by atoms with Crippen molar-refractivity contribution in [1.29, 1.82) is 0 Å². The molecule has 0 aliphatic carbocycles. The molecule has 0 saturated heterocycles. The van der Waals surface area contributed by atoms with E-state index >= 15 is 0 Å². The number of nitrogens with zero attached hydrogens (tertiary/aromatic N) is 1. The van der Waals surface area contributed by atoms with E-state index in [-0.39, 0.29) is 21.8 Å². The molecular formula is C15H10N2O5S. The smallest absolute Gasteiger partial charge is 0.287 e. The number of rotatable bonds is 3. The minimum atomic E-state index is -4.46. The monoisotopic (exact) mass is 330 g/mol. The first-order chi connectivity index (χ1) is 10.9. The molecule has 0 unspecified atom stereocenters. The predicted molar refractivity (Wildman–Crippen MR) is 84.3 cm³/mol. The van der Waals surface area contributed by atoms with Gasteiger partial charge in [0.2, 0.25) is 10.9 Å². The summed E-state index contributed by atoms with van der Waals surface area (Å²) in [6.45, 7) is 0. The second kappa shape index (κ2) is 5.41. The number of anilines is 1. The molecule has 0 fully saturated rings. The Morgan fingerprint density at radius 1 is 0.870 bits per heavy atom. The van der Waals surface area contributed by atoms with Crippen LogP contribution in [0.15, 0.2) is 68.1 Å². The van der Waals surface area contributed by atoms with E-state index in [1.807, 2.05) is 0 Å². The third-order valence-electron chi connectivity index (χ3n) is 3.30. The van der Waals surface area contributed by atoms with E-state index in [0.717, 1.165) is 0 Å². The Balaban J connectivity index is 2.17. The number of fused-ring (bicyclic) bond motifs is 1. The van der Waals surface area contributed by atoms with Crippen molar-refractivity contribution >= 4 is 26.6 Å². The molecule has 0 aromatic heterocycles. The lowest BCUT2D eigenvalue weighted by atomic mass is 10.2. The number of hydrogen-bond acceptors (Lipinski definition) is 6. The lowest BCUT2D eigenvalue weighted by Crippen LogP contribution is -2.32. The number of benzene rings is 2. The van der Waals surface area contributed by atoms with Crippen molar-refractivity contribution in [3.05, 3.63) is 74.3 Å². The number of nitrogens with one attached hydrogen (secondary N) is 1. The third-order valence-corrected chi connectivity index (χ3v) is 4.21. The summed E-state index contributed by atoms with van der Waals surface area (Å²) >= 11 is 0. The van der Waals surface area contributed by atoms with Crippen LogP contribution in [0.25, 0.3) is 10.8 Å². The minimum absolute atomic E-state index is 0.0425. The molecule has 3 rings (SSSR count). The van der Waals surface area contributed by atoms with Crippen LogP contribution in [0.3, 0.4) is 0 Å². The summed E-state index contributed by atoms with van der Waals surface area (Å²) in [5.41, 5.74) is 1.24. The average Bonchev–Trinajstić information content (AvgIpc) is 2.77. The van der Waals surface area contributed by atoms with E-state index in [9.17, 15) is 18.0 Å². The second-order valence-corrected chi connectivity index (χ2v) is 6.14. The van der Waals surface area contributed by atoms with Gasteiger partial charge >= 0.3 is 0 Å². The molecule has 8 heteroatoms. The van der Waals surface area contributed by atoms with E-state index in [1.54, 1.807) is 12.1 Å². The molecule has 0 spiro atoms. The Morgan fingerprint density at radius 3 is 1.96 bits per heavy atom. The van der Waals surface area contributed by atoms with Crippen molar-refractivity contribution in [2.24, 2.45) is 5.10 Å². The lowest BCUT2D eigenvalue weighted by molar-refractivity contribution is 0.483. The molecule has 0 saturated carbocycles. The molecule has 23 heavy (non-hydrogen) atoms. The van der Waals surface area contributed by atoms with Crippen LogP contribution in [0.5, 0.6) is 0 Å². The van der Waals surface area contributed by atoms with Gasteiger partial charge in [-0.25, -0.2) is 0 Å². The summed E-state index contributed by atoms with van der Waals surface area (Å²) < 4.78 is 31.7. The Morgan fingerprint density at radius 2 is 1.39 bits per heavy atom. The number of hydrogen-bond donors (Lipinski definition) is 2. The van der Waals surface area contributed by atoms with Gasteiger partial charge in [0.05, 0.1) is 5.69 Å². The highest BCUT2D eigenvalue weighted by molar-refractivity contribution is 7.86. The van der Waals surface area contributed by atoms with Crippen LogP contribution in [0.2, 0.25) is 0 Å². The lowest BCUT2D eigenvalue weighted by Gasteiger charge is -2.04. The first-order valence-electron chi connectivity index (χ1n) is 6.48. The first-order valence-corrected chi connectivity index (χ1v) is 7.92. The molecule has 0 amide bonds. The summed E-state index contributed by atoms with van der Waals surface area (Å²) in [5.74, 6) is 0. The summed E-state index contributed by atoms with van der Waals surface area (Å²) in [6.07, 6.45) is 0. The molecule has 116 valence electrons. The van der Waals surface area contributed by atoms with Gasteiger partial charge in [0, 0.05) is 10.8 Å². The van der Waals surface area contributed by atoms with Crippen LogP contribution >= 0.6 is 0 Å². The zero-order valence-corrected chi connectivity index (χ0v) is 12.4. The van der Waals surface area contributed by atoms with E-state index in [2.05, 4.69) is 10.5 Å². The maximum atomic E-state index is 12.2. The fourth-order valence-electron chi connectivity index (χ4n) is 2.24. The Hall–Kier alpha value is -2.84. The highest BCUT2D eigenvalue weighted by Crippen LogP contribution is 2.19. The van der Waals surface area contributed by atoms with Gasteiger partial charge in [0.1, 0.15) is 4.90 Å². The standard InChI is InChI=1S/C15H10N2O5S/c18-14-9-5-1-2-6-10(9)15(19)13(14)17-16-11-7-3-4-8-12(11)23(20,21)22/h1-8,16H,(H,20,21,22). The molecule has 0 aliphatic heterocycles. The fourth-order valence-corrected chi connectivity index (χ4v) is 2.88. The predicted octanol–water partition coefficient (Wildman–Crippen LogP) is 0.610. The van der Waals surface area contributed by atoms with Crippen LogP contribution in [0, 0.1) is 0 Å². The highest BCUT2D eigenvalue weighted by atomic mass is 32.2. The van der Waals surface area contributed by atoms with Crippen molar-refractivity contribution in [1.82, 2.24) is 0 Å². The van der Waals surface area contributed by atoms with Gasteiger partial charge in [0.15, 0.2) is 5.36 Å². The zero-order chi connectivity index (χ0) is 16.6. The van der Waals surface area contributed by atoms with Crippen molar-refractivity contribution in [2.75, 3.05) is 5.43 Å². The SMILES string of the molecule is O=c1c(=NNc2ccccc2S(=O)(=O)O)c(=O)c2ccccc12. The molecule has 0 bridgehead atoms. The second-order valence-electron chi connectivity index (χ2n) is 4.75. The quantitative estimate of drug-likeness (QED) is 0.537. The normalized spacial score (nSPS) is 11.5. The molecule has 7 nitrogen and oxygen atoms in total. The van der Waals surface area contributed by atoms with Crippen molar-refractivity contribution in [2.45, 2.75) is 4.90 Å². The third kappa shape index (κ3) is 2.65. The van der Waals surface area contributed by atoms with Crippen molar-refractivity contribution < 1.29 is 13.0 Å². The summed E-state index contributed by atoms with van der Waals surface area (Å²) in [6, 6.07) is 11.8. The van der Waals surface area contributed by atoms with Gasteiger partial charge in [-0.15, -0.1) is 0 Å². The van der Waals surface area contributed by atoms with Gasteiger partial charge in [-0.1, -0.05) is 36.4 Å². The van der Waals surface area contributed by atoms with Gasteiger partial charge in [-0.3, -0.25) is 19.6 Å². The Kier molecular flexibility index (Phi) is 3.55.